The maximum atomic E-state index is 13.6. The summed E-state index contributed by atoms with van der Waals surface area (Å²) >= 11 is 3.41. The Morgan fingerprint density at radius 2 is 2.04 bits per heavy atom. The Bertz CT molecular complexity index is 823. The van der Waals surface area contributed by atoms with Crippen LogP contribution in [0, 0.1) is 12.7 Å². The lowest BCUT2D eigenvalue weighted by molar-refractivity contribution is -0.121. The molecule has 0 fully saturated rings. The highest BCUT2D eigenvalue weighted by Crippen LogP contribution is 2.30. The van der Waals surface area contributed by atoms with E-state index in [0.717, 1.165) is 15.7 Å². The number of carbonyl (C=O) groups excluding carboxylic acids is 2. The van der Waals surface area contributed by atoms with Crippen molar-refractivity contribution in [3.05, 3.63) is 57.8 Å². The molecule has 2 aromatic rings. The van der Waals surface area contributed by atoms with Gasteiger partial charge in [-0.25, -0.2) is 4.39 Å². The fourth-order valence-electron chi connectivity index (χ4n) is 2.72. The topological polar surface area (TPSA) is 49.4 Å². The predicted octanol–water partition coefficient (Wildman–Crippen LogP) is 3.81. The molecule has 2 aromatic carbocycles. The molecule has 0 unspecified atom stereocenters. The molecular weight excluding hydrogens is 375 g/mol. The Morgan fingerprint density at radius 1 is 1.25 bits per heavy atom. The molecular formula is C18H16BrFN2O2. The largest absolute Gasteiger partial charge is 0.324 e. The zero-order chi connectivity index (χ0) is 17.3. The summed E-state index contributed by atoms with van der Waals surface area (Å²) in [6, 6.07) is 10.1. The van der Waals surface area contributed by atoms with Crippen LogP contribution in [0.5, 0.6) is 0 Å². The van der Waals surface area contributed by atoms with E-state index in [9.17, 15) is 14.0 Å². The van der Waals surface area contributed by atoms with Gasteiger partial charge in [0.25, 0.3) is 0 Å². The minimum Gasteiger partial charge on any atom is -0.324 e. The summed E-state index contributed by atoms with van der Waals surface area (Å²) in [6.45, 7) is 1.56. The van der Waals surface area contributed by atoms with Gasteiger partial charge in [-0.05, 0) is 54.8 Å². The summed E-state index contributed by atoms with van der Waals surface area (Å²) < 4.78 is 14.5. The van der Waals surface area contributed by atoms with Gasteiger partial charge in [0.15, 0.2) is 0 Å². The van der Waals surface area contributed by atoms with Crippen molar-refractivity contribution in [2.45, 2.75) is 19.8 Å². The van der Waals surface area contributed by atoms with Gasteiger partial charge in [0.2, 0.25) is 11.8 Å². The summed E-state index contributed by atoms with van der Waals surface area (Å²) in [7, 11) is 0. The first-order valence-corrected chi connectivity index (χ1v) is 8.38. The third-order valence-electron chi connectivity index (χ3n) is 4.00. The molecule has 0 bridgehead atoms. The van der Waals surface area contributed by atoms with E-state index in [4.69, 9.17) is 0 Å². The van der Waals surface area contributed by atoms with Crippen molar-refractivity contribution in [3.8, 4) is 0 Å². The number of hydrogen-bond acceptors (Lipinski definition) is 2. The van der Waals surface area contributed by atoms with Crippen LogP contribution in [-0.2, 0) is 16.0 Å². The molecule has 1 aliphatic heterocycles. The number of amides is 2. The third-order valence-corrected chi connectivity index (χ3v) is 4.49. The zero-order valence-electron chi connectivity index (χ0n) is 13.1. The van der Waals surface area contributed by atoms with E-state index in [-0.39, 0.29) is 24.2 Å². The van der Waals surface area contributed by atoms with E-state index in [0.29, 0.717) is 24.1 Å². The smallest absolute Gasteiger partial charge is 0.244 e. The van der Waals surface area contributed by atoms with Crippen LogP contribution in [0.15, 0.2) is 40.9 Å². The summed E-state index contributed by atoms with van der Waals surface area (Å²) in [6.07, 6.45) is 1.03. The highest BCUT2D eigenvalue weighted by molar-refractivity contribution is 9.10. The zero-order valence-corrected chi connectivity index (χ0v) is 14.7. The SMILES string of the molecule is Cc1ccc(NC(=O)CN2C(=O)CCc3cc(Br)ccc32)cc1F. The van der Waals surface area contributed by atoms with Crippen LogP contribution < -0.4 is 10.2 Å². The van der Waals surface area contributed by atoms with Gasteiger partial charge >= 0.3 is 0 Å². The molecule has 124 valence electrons. The van der Waals surface area contributed by atoms with E-state index in [1.54, 1.807) is 19.1 Å². The fraction of sp³-hybridized carbons (Fsp3) is 0.222. The van der Waals surface area contributed by atoms with Gasteiger partial charge in [-0.2, -0.15) is 0 Å². The molecule has 24 heavy (non-hydrogen) atoms. The van der Waals surface area contributed by atoms with Gasteiger partial charge in [-0.15, -0.1) is 0 Å². The molecule has 0 radical (unpaired) electrons. The van der Waals surface area contributed by atoms with E-state index < -0.39 is 0 Å². The molecule has 1 aliphatic rings. The number of halogens is 2. The predicted molar refractivity (Wildman–Crippen MR) is 94.6 cm³/mol. The maximum Gasteiger partial charge on any atom is 0.244 e. The number of nitrogens with zero attached hydrogens (tertiary/aromatic N) is 1. The number of anilines is 2. The molecule has 4 nitrogen and oxygen atoms in total. The number of carbonyl (C=O) groups is 2. The Labute approximate surface area is 147 Å². The first-order chi connectivity index (χ1) is 11.4. The van der Waals surface area contributed by atoms with Crippen LogP contribution in [0.1, 0.15) is 17.5 Å². The van der Waals surface area contributed by atoms with Crippen LogP contribution in [0.25, 0.3) is 0 Å². The van der Waals surface area contributed by atoms with Gasteiger partial charge < -0.3 is 10.2 Å². The number of benzene rings is 2. The molecule has 1 heterocycles. The Balaban J connectivity index is 1.76. The first kappa shape index (κ1) is 16.6. The fourth-order valence-corrected chi connectivity index (χ4v) is 3.13. The first-order valence-electron chi connectivity index (χ1n) is 7.59. The molecule has 0 saturated heterocycles. The molecule has 0 atom stereocenters. The molecule has 1 N–H and O–H groups in total. The monoisotopic (exact) mass is 390 g/mol. The lowest BCUT2D eigenvalue weighted by Crippen LogP contribution is -2.40. The second-order valence-electron chi connectivity index (χ2n) is 5.77. The lowest BCUT2D eigenvalue weighted by Gasteiger charge is -2.29. The molecule has 0 spiro atoms. The molecule has 0 aliphatic carbocycles. The average Bonchev–Trinajstić information content (AvgIpc) is 2.53. The number of fused-ring (bicyclic) bond motifs is 1. The second-order valence-corrected chi connectivity index (χ2v) is 6.68. The molecule has 0 saturated carbocycles. The van der Waals surface area contributed by atoms with E-state index in [1.165, 1.54) is 11.0 Å². The van der Waals surface area contributed by atoms with Gasteiger partial charge in [0.05, 0.1) is 0 Å². The van der Waals surface area contributed by atoms with Gasteiger partial charge in [-0.1, -0.05) is 22.0 Å². The Morgan fingerprint density at radius 3 is 2.79 bits per heavy atom. The molecule has 0 aromatic heterocycles. The lowest BCUT2D eigenvalue weighted by atomic mass is 10.0. The van der Waals surface area contributed by atoms with Crippen molar-refractivity contribution >= 4 is 39.1 Å². The Hall–Kier alpha value is -2.21. The van der Waals surface area contributed by atoms with Gasteiger partial charge in [-0.3, -0.25) is 9.59 Å². The van der Waals surface area contributed by atoms with Crippen LogP contribution in [-0.4, -0.2) is 18.4 Å². The van der Waals surface area contributed by atoms with Crippen molar-refractivity contribution in [1.82, 2.24) is 0 Å². The summed E-state index contributed by atoms with van der Waals surface area (Å²) in [5.41, 5.74) is 2.67. The van der Waals surface area contributed by atoms with Crippen LogP contribution >= 0.6 is 15.9 Å². The van der Waals surface area contributed by atoms with Crippen LogP contribution in [0.2, 0.25) is 0 Å². The minimum atomic E-state index is -0.378. The number of hydrogen-bond donors (Lipinski definition) is 1. The third kappa shape index (κ3) is 3.48. The van der Waals surface area contributed by atoms with Crippen LogP contribution in [0.4, 0.5) is 15.8 Å². The number of rotatable bonds is 3. The maximum absolute atomic E-state index is 13.6. The number of nitrogens with one attached hydrogen (secondary N) is 1. The minimum absolute atomic E-state index is 0.0879. The van der Waals surface area contributed by atoms with Crippen molar-refractivity contribution in [3.63, 3.8) is 0 Å². The highest BCUT2D eigenvalue weighted by atomic mass is 79.9. The van der Waals surface area contributed by atoms with E-state index >= 15 is 0 Å². The standard InChI is InChI=1S/C18H16BrFN2O2/c1-11-2-5-14(9-15(11)20)21-17(23)10-22-16-6-4-13(19)8-12(16)3-7-18(22)24/h2,4-6,8-9H,3,7,10H2,1H3,(H,21,23). The van der Waals surface area contributed by atoms with Gasteiger partial charge in [0, 0.05) is 22.3 Å². The average molecular weight is 391 g/mol. The van der Waals surface area contributed by atoms with Crippen LogP contribution in [0.3, 0.4) is 0 Å². The second kappa shape index (κ2) is 6.73. The number of aryl methyl sites for hydroxylation is 2. The van der Waals surface area contributed by atoms with E-state index in [2.05, 4.69) is 21.2 Å². The Kier molecular flexibility index (Phi) is 4.66. The highest BCUT2D eigenvalue weighted by Gasteiger charge is 2.26. The molecule has 3 rings (SSSR count). The van der Waals surface area contributed by atoms with Crippen molar-refractivity contribution < 1.29 is 14.0 Å². The summed E-state index contributed by atoms with van der Waals surface area (Å²) in [4.78, 5) is 25.9. The summed E-state index contributed by atoms with van der Waals surface area (Å²) in [5, 5.41) is 2.64. The molecule has 6 heteroatoms. The normalized spacial score (nSPS) is 13.6. The molecule has 2 amide bonds. The quantitative estimate of drug-likeness (QED) is 0.865. The van der Waals surface area contributed by atoms with Crippen molar-refractivity contribution in [2.75, 3.05) is 16.8 Å². The summed E-state index contributed by atoms with van der Waals surface area (Å²) in [5.74, 6) is -0.825. The van der Waals surface area contributed by atoms with Crippen molar-refractivity contribution in [1.29, 1.82) is 0 Å². The van der Waals surface area contributed by atoms with Crippen molar-refractivity contribution in [2.24, 2.45) is 0 Å². The van der Waals surface area contributed by atoms with E-state index in [1.807, 2.05) is 18.2 Å². The van der Waals surface area contributed by atoms with Gasteiger partial charge in [0.1, 0.15) is 12.4 Å².